The standard InChI is InChI=1S/C12H17ClN2O4S/c13-11-1-3-12(4-2-11)20(16,17)14-19-10-7-15-5-8-18-9-6-15/h1-4,14H,5-10H2. The van der Waals surface area contributed by atoms with Crippen molar-refractivity contribution in [3.8, 4) is 0 Å². The highest BCUT2D eigenvalue weighted by Crippen LogP contribution is 2.13. The number of nitrogens with zero attached hydrogens (tertiary/aromatic N) is 1. The molecule has 0 atom stereocenters. The third-order valence-electron chi connectivity index (χ3n) is 2.91. The van der Waals surface area contributed by atoms with Gasteiger partial charge in [-0.1, -0.05) is 16.5 Å². The lowest BCUT2D eigenvalue weighted by atomic mass is 10.4. The van der Waals surface area contributed by atoms with Crippen LogP contribution in [0.4, 0.5) is 0 Å². The Bertz CT molecular complexity index is 515. The van der Waals surface area contributed by atoms with Crippen molar-refractivity contribution in [2.45, 2.75) is 4.90 Å². The maximum atomic E-state index is 11.9. The third-order valence-corrected chi connectivity index (χ3v) is 4.39. The summed E-state index contributed by atoms with van der Waals surface area (Å²) in [5.74, 6) is 0. The molecule has 0 aliphatic carbocycles. The molecule has 1 aliphatic heterocycles. The first kappa shape index (κ1) is 15.7. The van der Waals surface area contributed by atoms with Crippen LogP contribution in [-0.4, -0.2) is 52.8 Å². The number of hydrogen-bond acceptors (Lipinski definition) is 5. The highest BCUT2D eigenvalue weighted by Gasteiger charge is 2.14. The average molecular weight is 321 g/mol. The largest absolute Gasteiger partial charge is 0.379 e. The molecule has 1 heterocycles. The molecule has 8 heteroatoms. The van der Waals surface area contributed by atoms with Gasteiger partial charge in [0, 0.05) is 24.7 Å². The molecule has 1 aliphatic rings. The van der Waals surface area contributed by atoms with Crippen LogP contribution < -0.4 is 4.89 Å². The van der Waals surface area contributed by atoms with E-state index in [1.54, 1.807) is 0 Å². The van der Waals surface area contributed by atoms with Gasteiger partial charge in [0.25, 0.3) is 10.0 Å². The first-order valence-corrected chi connectivity index (χ1v) is 8.13. The Balaban J connectivity index is 1.76. The summed E-state index contributed by atoms with van der Waals surface area (Å²) in [6.45, 7) is 4.03. The molecule has 0 unspecified atom stereocenters. The SMILES string of the molecule is O=S(=O)(NOCCN1CCOCC1)c1ccc(Cl)cc1. The molecular weight excluding hydrogens is 304 g/mol. The van der Waals surface area contributed by atoms with E-state index in [0.717, 1.165) is 13.1 Å². The molecule has 0 saturated carbocycles. The predicted molar refractivity (Wildman–Crippen MR) is 75.0 cm³/mol. The zero-order valence-electron chi connectivity index (χ0n) is 10.9. The number of nitrogens with one attached hydrogen (secondary N) is 1. The van der Waals surface area contributed by atoms with Gasteiger partial charge < -0.3 is 4.74 Å². The lowest BCUT2D eigenvalue weighted by Crippen LogP contribution is -2.39. The molecule has 0 spiro atoms. The number of hydrogen-bond donors (Lipinski definition) is 1. The smallest absolute Gasteiger partial charge is 0.262 e. The number of sulfonamides is 1. The van der Waals surface area contributed by atoms with Gasteiger partial charge in [0.15, 0.2) is 0 Å². The zero-order chi connectivity index (χ0) is 14.4. The lowest BCUT2D eigenvalue weighted by Gasteiger charge is -2.26. The van der Waals surface area contributed by atoms with E-state index in [9.17, 15) is 8.42 Å². The molecule has 1 aromatic carbocycles. The minimum atomic E-state index is -3.65. The fourth-order valence-corrected chi connectivity index (χ4v) is 2.74. The van der Waals surface area contributed by atoms with Crippen molar-refractivity contribution in [1.29, 1.82) is 0 Å². The molecule has 0 aromatic heterocycles. The fourth-order valence-electron chi connectivity index (χ4n) is 1.78. The average Bonchev–Trinajstić information content (AvgIpc) is 2.45. The lowest BCUT2D eigenvalue weighted by molar-refractivity contribution is 0.0125. The van der Waals surface area contributed by atoms with Gasteiger partial charge in [-0.2, -0.15) is 0 Å². The molecular formula is C12H17ClN2O4S. The summed E-state index contributed by atoms with van der Waals surface area (Å²) in [6, 6.07) is 5.89. The number of rotatable bonds is 6. The fraction of sp³-hybridized carbons (Fsp3) is 0.500. The minimum absolute atomic E-state index is 0.119. The van der Waals surface area contributed by atoms with Gasteiger partial charge in [-0.25, -0.2) is 8.42 Å². The Morgan fingerprint density at radius 3 is 2.55 bits per heavy atom. The Kier molecular flexibility index (Phi) is 5.76. The molecule has 20 heavy (non-hydrogen) atoms. The summed E-state index contributed by atoms with van der Waals surface area (Å²) < 4.78 is 29.0. The van der Waals surface area contributed by atoms with E-state index >= 15 is 0 Å². The summed E-state index contributed by atoms with van der Waals surface area (Å²) in [5, 5.41) is 0.484. The Morgan fingerprint density at radius 1 is 1.25 bits per heavy atom. The number of benzene rings is 1. The van der Waals surface area contributed by atoms with Crippen molar-refractivity contribution >= 4 is 21.6 Å². The van der Waals surface area contributed by atoms with Gasteiger partial charge in [-0.15, -0.1) is 0 Å². The van der Waals surface area contributed by atoms with Crippen LogP contribution in [0.25, 0.3) is 0 Å². The Morgan fingerprint density at radius 2 is 1.90 bits per heavy atom. The van der Waals surface area contributed by atoms with Gasteiger partial charge in [0.2, 0.25) is 0 Å². The van der Waals surface area contributed by atoms with Crippen molar-refractivity contribution in [1.82, 2.24) is 9.79 Å². The third kappa shape index (κ3) is 4.69. The monoisotopic (exact) mass is 320 g/mol. The van der Waals surface area contributed by atoms with E-state index in [1.807, 2.05) is 0 Å². The zero-order valence-corrected chi connectivity index (χ0v) is 12.5. The second-order valence-electron chi connectivity index (χ2n) is 4.34. The maximum absolute atomic E-state index is 11.9. The topological polar surface area (TPSA) is 67.9 Å². The molecule has 1 fully saturated rings. The molecule has 0 amide bonds. The summed E-state index contributed by atoms with van der Waals surface area (Å²) in [4.78, 5) is 9.41. The highest BCUT2D eigenvalue weighted by atomic mass is 35.5. The van der Waals surface area contributed by atoms with Crippen molar-refractivity contribution in [2.24, 2.45) is 0 Å². The molecule has 6 nitrogen and oxygen atoms in total. The Hall–Kier alpha value is -0.700. The first-order valence-electron chi connectivity index (χ1n) is 6.27. The molecule has 1 aromatic rings. The molecule has 112 valence electrons. The molecule has 1 N–H and O–H groups in total. The number of halogens is 1. The van der Waals surface area contributed by atoms with Gasteiger partial charge in [-0.3, -0.25) is 9.74 Å². The van der Waals surface area contributed by atoms with Crippen molar-refractivity contribution in [2.75, 3.05) is 39.5 Å². The summed E-state index contributed by atoms with van der Waals surface area (Å²) in [6.07, 6.45) is 0. The summed E-state index contributed by atoms with van der Waals surface area (Å²) >= 11 is 5.71. The number of morpholine rings is 1. The highest BCUT2D eigenvalue weighted by molar-refractivity contribution is 7.89. The minimum Gasteiger partial charge on any atom is -0.379 e. The van der Waals surface area contributed by atoms with Crippen molar-refractivity contribution < 1.29 is 18.0 Å². The van der Waals surface area contributed by atoms with Crippen molar-refractivity contribution in [3.63, 3.8) is 0 Å². The van der Waals surface area contributed by atoms with Crippen LogP contribution in [0.1, 0.15) is 0 Å². The predicted octanol–water partition coefficient (Wildman–Crippen LogP) is 0.882. The molecule has 0 bridgehead atoms. The van der Waals surface area contributed by atoms with E-state index in [2.05, 4.69) is 9.79 Å². The van der Waals surface area contributed by atoms with Crippen LogP contribution in [0.3, 0.4) is 0 Å². The van der Waals surface area contributed by atoms with Gasteiger partial charge in [-0.05, 0) is 24.3 Å². The van der Waals surface area contributed by atoms with Crippen LogP contribution in [-0.2, 0) is 19.6 Å². The summed E-state index contributed by atoms with van der Waals surface area (Å²) in [5.41, 5.74) is 0. The van der Waals surface area contributed by atoms with E-state index in [1.165, 1.54) is 24.3 Å². The van der Waals surface area contributed by atoms with E-state index < -0.39 is 10.0 Å². The van der Waals surface area contributed by atoms with Gasteiger partial charge in [0.1, 0.15) is 0 Å². The van der Waals surface area contributed by atoms with Crippen molar-refractivity contribution in [3.05, 3.63) is 29.3 Å². The van der Waals surface area contributed by atoms with Gasteiger partial charge >= 0.3 is 0 Å². The van der Waals surface area contributed by atoms with E-state index in [-0.39, 0.29) is 11.5 Å². The molecule has 0 radical (unpaired) electrons. The molecule has 1 saturated heterocycles. The van der Waals surface area contributed by atoms with Crippen LogP contribution in [0.2, 0.25) is 5.02 Å². The van der Waals surface area contributed by atoms with E-state index in [4.69, 9.17) is 21.2 Å². The molecule has 2 rings (SSSR count). The number of ether oxygens (including phenoxy) is 1. The van der Waals surface area contributed by atoms with Crippen LogP contribution in [0.5, 0.6) is 0 Å². The van der Waals surface area contributed by atoms with Crippen LogP contribution in [0.15, 0.2) is 29.2 Å². The van der Waals surface area contributed by atoms with E-state index in [0.29, 0.717) is 24.8 Å². The second-order valence-corrected chi connectivity index (χ2v) is 6.42. The first-order chi connectivity index (χ1) is 9.58. The normalized spacial score (nSPS) is 17.2. The summed E-state index contributed by atoms with van der Waals surface area (Å²) in [7, 11) is -3.65. The van der Waals surface area contributed by atoms with Crippen LogP contribution in [0, 0.1) is 0 Å². The van der Waals surface area contributed by atoms with Crippen LogP contribution >= 0.6 is 11.6 Å². The second kappa shape index (κ2) is 7.35. The Labute approximate surface area is 123 Å². The maximum Gasteiger partial charge on any atom is 0.262 e. The van der Waals surface area contributed by atoms with Gasteiger partial charge in [0.05, 0.1) is 24.7 Å². The quantitative estimate of drug-likeness (QED) is 0.622.